The molecule has 1 amide bonds. The largest absolute Gasteiger partial charge is 0.478 e. The number of fused-ring (bicyclic) bond motifs is 1. The number of aliphatic hydroxyl groups is 1. The Morgan fingerprint density at radius 1 is 1.53 bits per heavy atom. The van der Waals surface area contributed by atoms with E-state index in [1.54, 1.807) is 12.1 Å². The summed E-state index contributed by atoms with van der Waals surface area (Å²) in [5.41, 5.74) is 0.656. The molecule has 0 saturated heterocycles. The maximum atomic E-state index is 11.5. The third kappa shape index (κ3) is 2.13. The van der Waals surface area contributed by atoms with Crippen molar-refractivity contribution in [2.75, 3.05) is 11.9 Å². The van der Waals surface area contributed by atoms with E-state index in [1.165, 1.54) is 0 Å². The summed E-state index contributed by atoms with van der Waals surface area (Å²) in [4.78, 5) is 11.5. The van der Waals surface area contributed by atoms with Gasteiger partial charge >= 0.3 is 0 Å². The Morgan fingerprint density at radius 3 is 3.07 bits per heavy atom. The molecular formula is C10H10BrNO3. The molecule has 1 aromatic rings. The average Bonchev–Trinajstić information content (AvgIpc) is 2.20. The van der Waals surface area contributed by atoms with Gasteiger partial charge in [-0.15, -0.1) is 0 Å². The van der Waals surface area contributed by atoms with Gasteiger partial charge in [-0.25, -0.2) is 0 Å². The molecule has 0 saturated carbocycles. The number of nitrogens with one attached hydrogen (secondary N) is 1. The highest BCUT2D eigenvalue weighted by atomic mass is 79.9. The van der Waals surface area contributed by atoms with E-state index in [9.17, 15) is 4.79 Å². The molecule has 1 aliphatic heterocycles. The first kappa shape index (κ1) is 10.4. The summed E-state index contributed by atoms with van der Waals surface area (Å²) in [6.45, 7) is -0.0655. The summed E-state index contributed by atoms with van der Waals surface area (Å²) < 4.78 is 6.33. The molecule has 2 rings (SSSR count). The Kier molecular flexibility index (Phi) is 2.93. The molecule has 0 radical (unpaired) electrons. The van der Waals surface area contributed by atoms with Gasteiger partial charge in [-0.3, -0.25) is 4.79 Å². The summed E-state index contributed by atoms with van der Waals surface area (Å²) in [6, 6.07) is 5.40. The molecule has 0 fully saturated rings. The van der Waals surface area contributed by atoms with Crippen molar-refractivity contribution in [2.45, 2.75) is 12.5 Å². The quantitative estimate of drug-likeness (QED) is 0.858. The number of hydrogen-bond acceptors (Lipinski definition) is 3. The fraction of sp³-hybridized carbons (Fsp3) is 0.300. The lowest BCUT2D eigenvalue weighted by molar-refractivity contribution is -0.124. The van der Waals surface area contributed by atoms with E-state index in [0.717, 1.165) is 4.47 Å². The van der Waals surface area contributed by atoms with E-state index >= 15 is 0 Å². The van der Waals surface area contributed by atoms with Crippen LogP contribution in [-0.4, -0.2) is 23.7 Å². The van der Waals surface area contributed by atoms with Crippen LogP contribution >= 0.6 is 15.9 Å². The van der Waals surface area contributed by atoms with Crippen molar-refractivity contribution >= 4 is 27.5 Å². The van der Waals surface area contributed by atoms with Gasteiger partial charge in [-0.1, -0.05) is 15.9 Å². The second-order valence-electron chi connectivity index (χ2n) is 3.25. The smallest absolute Gasteiger partial charge is 0.265 e. The number of hydrogen-bond donors (Lipinski definition) is 2. The lowest BCUT2D eigenvalue weighted by atomic mass is 10.2. The van der Waals surface area contributed by atoms with Gasteiger partial charge in [-0.2, -0.15) is 0 Å². The molecule has 1 heterocycles. The average molecular weight is 272 g/mol. The lowest BCUT2D eigenvalue weighted by Gasteiger charge is -2.25. The number of ether oxygens (including phenoxy) is 1. The predicted molar refractivity (Wildman–Crippen MR) is 58.9 cm³/mol. The SMILES string of the molecule is O=C1Nc2cc(Br)ccc2OC1CCO. The van der Waals surface area contributed by atoms with Crippen molar-refractivity contribution in [3.8, 4) is 5.75 Å². The van der Waals surface area contributed by atoms with Crippen LogP contribution in [0.15, 0.2) is 22.7 Å². The number of anilines is 1. The van der Waals surface area contributed by atoms with E-state index in [0.29, 0.717) is 17.9 Å². The first-order valence-corrected chi connectivity index (χ1v) is 5.38. The van der Waals surface area contributed by atoms with E-state index in [-0.39, 0.29) is 12.5 Å². The molecule has 0 bridgehead atoms. The maximum Gasteiger partial charge on any atom is 0.265 e. The van der Waals surface area contributed by atoms with Crippen LogP contribution < -0.4 is 10.1 Å². The second-order valence-corrected chi connectivity index (χ2v) is 4.16. The predicted octanol–water partition coefficient (Wildman–Crippen LogP) is 1.53. The normalized spacial score (nSPS) is 19.1. The van der Waals surface area contributed by atoms with Gasteiger partial charge in [0.1, 0.15) is 5.75 Å². The number of amides is 1. The molecule has 15 heavy (non-hydrogen) atoms. The fourth-order valence-corrected chi connectivity index (χ4v) is 1.79. The third-order valence-electron chi connectivity index (χ3n) is 2.15. The van der Waals surface area contributed by atoms with E-state index in [1.807, 2.05) is 6.07 Å². The summed E-state index contributed by atoms with van der Waals surface area (Å²) in [6.07, 6.45) is -0.287. The highest BCUT2D eigenvalue weighted by molar-refractivity contribution is 9.10. The number of benzene rings is 1. The zero-order chi connectivity index (χ0) is 10.8. The van der Waals surface area contributed by atoms with Gasteiger partial charge in [0.2, 0.25) is 0 Å². The minimum Gasteiger partial charge on any atom is -0.478 e. The van der Waals surface area contributed by atoms with Crippen molar-refractivity contribution in [1.29, 1.82) is 0 Å². The van der Waals surface area contributed by atoms with Crippen molar-refractivity contribution < 1.29 is 14.6 Å². The molecule has 80 valence electrons. The standard InChI is InChI=1S/C10H10BrNO3/c11-6-1-2-8-7(5-6)12-10(14)9(15-8)3-4-13/h1-2,5,9,13H,3-4H2,(H,12,14). The van der Waals surface area contributed by atoms with Crippen LogP contribution in [0.5, 0.6) is 5.75 Å². The Bertz CT molecular complexity index is 394. The fourth-order valence-electron chi connectivity index (χ4n) is 1.43. The molecule has 4 nitrogen and oxygen atoms in total. The maximum absolute atomic E-state index is 11.5. The molecule has 2 N–H and O–H groups in total. The Morgan fingerprint density at radius 2 is 2.33 bits per heavy atom. The van der Waals surface area contributed by atoms with E-state index < -0.39 is 6.10 Å². The van der Waals surface area contributed by atoms with Gasteiger partial charge in [0, 0.05) is 17.5 Å². The molecule has 1 unspecified atom stereocenters. The molecule has 0 aliphatic carbocycles. The zero-order valence-corrected chi connectivity index (χ0v) is 9.45. The van der Waals surface area contributed by atoms with Crippen LogP contribution in [0.4, 0.5) is 5.69 Å². The second kappa shape index (κ2) is 4.20. The number of halogens is 1. The Hall–Kier alpha value is -1.07. The van der Waals surface area contributed by atoms with Crippen LogP contribution in [0.2, 0.25) is 0 Å². The first-order valence-electron chi connectivity index (χ1n) is 4.58. The highest BCUT2D eigenvalue weighted by Gasteiger charge is 2.26. The first-order chi connectivity index (χ1) is 7.20. The van der Waals surface area contributed by atoms with Gasteiger partial charge in [0.25, 0.3) is 5.91 Å². The van der Waals surface area contributed by atoms with Gasteiger partial charge in [-0.05, 0) is 18.2 Å². The number of aliphatic hydroxyl groups excluding tert-OH is 1. The van der Waals surface area contributed by atoms with Gasteiger partial charge in [0.05, 0.1) is 5.69 Å². The van der Waals surface area contributed by atoms with Gasteiger partial charge in [0.15, 0.2) is 6.10 Å². The third-order valence-corrected chi connectivity index (χ3v) is 2.65. The molecular weight excluding hydrogens is 262 g/mol. The summed E-state index contributed by atoms with van der Waals surface area (Å²) in [5, 5.41) is 11.5. The zero-order valence-electron chi connectivity index (χ0n) is 7.87. The van der Waals surface area contributed by atoms with Crippen LogP contribution in [0, 0.1) is 0 Å². The van der Waals surface area contributed by atoms with Crippen molar-refractivity contribution in [2.24, 2.45) is 0 Å². The molecule has 0 spiro atoms. The van der Waals surface area contributed by atoms with E-state index in [2.05, 4.69) is 21.2 Å². The lowest BCUT2D eigenvalue weighted by Crippen LogP contribution is -2.37. The molecule has 1 atom stereocenters. The summed E-state index contributed by atoms with van der Waals surface area (Å²) >= 11 is 3.31. The van der Waals surface area contributed by atoms with Crippen LogP contribution in [0.3, 0.4) is 0 Å². The van der Waals surface area contributed by atoms with Crippen molar-refractivity contribution in [3.63, 3.8) is 0 Å². The summed E-state index contributed by atoms with van der Waals surface area (Å²) in [5.74, 6) is 0.422. The highest BCUT2D eigenvalue weighted by Crippen LogP contribution is 2.32. The Balaban J connectivity index is 2.26. The van der Waals surface area contributed by atoms with E-state index in [4.69, 9.17) is 9.84 Å². The minimum atomic E-state index is -0.594. The van der Waals surface area contributed by atoms with Crippen LogP contribution in [0.25, 0.3) is 0 Å². The summed E-state index contributed by atoms with van der Waals surface area (Å²) in [7, 11) is 0. The monoisotopic (exact) mass is 271 g/mol. The Labute approximate surface area is 95.4 Å². The number of carbonyl (C=O) groups excluding carboxylic acids is 1. The molecule has 1 aliphatic rings. The van der Waals surface area contributed by atoms with Crippen molar-refractivity contribution in [1.82, 2.24) is 0 Å². The van der Waals surface area contributed by atoms with Crippen LogP contribution in [0.1, 0.15) is 6.42 Å². The molecule has 1 aromatic carbocycles. The number of rotatable bonds is 2. The molecule has 0 aromatic heterocycles. The number of carbonyl (C=O) groups is 1. The topological polar surface area (TPSA) is 58.6 Å². The van der Waals surface area contributed by atoms with Crippen LogP contribution in [-0.2, 0) is 4.79 Å². The van der Waals surface area contributed by atoms with Crippen molar-refractivity contribution in [3.05, 3.63) is 22.7 Å². The molecule has 5 heteroatoms. The van der Waals surface area contributed by atoms with Gasteiger partial charge < -0.3 is 15.2 Å². The minimum absolute atomic E-state index is 0.0655.